The molecule has 0 radical (unpaired) electrons. The van der Waals surface area contributed by atoms with Gasteiger partial charge in [-0.15, -0.1) is 0 Å². The van der Waals surface area contributed by atoms with Crippen LogP contribution in [0.2, 0.25) is 0 Å². The molecule has 1 aromatic heterocycles. The van der Waals surface area contributed by atoms with Gasteiger partial charge in [0.05, 0.1) is 21.8 Å². The fourth-order valence-electron chi connectivity index (χ4n) is 3.76. The minimum absolute atomic E-state index is 0.0596. The van der Waals surface area contributed by atoms with Crippen LogP contribution in [0.15, 0.2) is 82.7 Å². The molecule has 0 aliphatic heterocycles. The number of hydrogen-bond donors (Lipinski definition) is 0. The Kier molecular flexibility index (Phi) is 6.15. The number of carbonyl (C=O) groups is 1. The van der Waals surface area contributed by atoms with Gasteiger partial charge in [-0.25, -0.2) is 4.98 Å². The van der Waals surface area contributed by atoms with E-state index in [0.29, 0.717) is 16.1 Å². The normalized spacial score (nSPS) is 12.0. The third-order valence-electron chi connectivity index (χ3n) is 5.31. The molecular formula is C26H25N3O2S. The van der Waals surface area contributed by atoms with Crippen LogP contribution in [0.1, 0.15) is 18.1 Å². The summed E-state index contributed by atoms with van der Waals surface area (Å²) in [5.41, 5.74) is 4.18. The molecule has 0 fully saturated rings. The van der Waals surface area contributed by atoms with Crippen molar-refractivity contribution in [3.63, 3.8) is 0 Å². The highest BCUT2D eigenvalue weighted by Crippen LogP contribution is 2.27. The summed E-state index contributed by atoms with van der Waals surface area (Å²) in [7, 11) is 1.76. The third kappa shape index (κ3) is 4.32. The average molecular weight is 444 g/mol. The fraction of sp³-hybridized carbons (Fsp3) is 0.192. The molecule has 4 aromatic rings. The minimum atomic E-state index is -0.439. The van der Waals surface area contributed by atoms with E-state index in [2.05, 4.69) is 6.07 Å². The summed E-state index contributed by atoms with van der Waals surface area (Å²) in [5, 5.41) is 0.614. The maximum absolute atomic E-state index is 13.5. The van der Waals surface area contributed by atoms with Crippen molar-refractivity contribution in [3.8, 4) is 5.69 Å². The molecular weight excluding hydrogens is 418 g/mol. The van der Waals surface area contributed by atoms with Gasteiger partial charge in [0.15, 0.2) is 5.16 Å². The summed E-state index contributed by atoms with van der Waals surface area (Å²) in [6.45, 7) is 5.85. The van der Waals surface area contributed by atoms with Gasteiger partial charge in [0.2, 0.25) is 5.91 Å². The predicted octanol–water partition coefficient (Wildman–Crippen LogP) is 5.15. The van der Waals surface area contributed by atoms with Crippen LogP contribution in [0.4, 0.5) is 5.69 Å². The summed E-state index contributed by atoms with van der Waals surface area (Å²) >= 11 is 1.30. The van der Waals surface area contributed by atoms with Crippen LogP contribution in [0.25, 0.3) is 16.6 Å². The largest absolute Gasteiger partial charge is 0.315 e. The van der Waals surface area contributed by atoms with Gasteiger partial charge in [-0.2, -0.15) is 0 Å². The van der Waals surface area contributed by atoms with Gasteiger partial charge in [0.25, 0.3) is 5.56 Å². The summed E-state index contributed by atoms with van der Waals surface area (Å²) in [6.07, 6.45) is 0. The highest BCUT2D eigenvalue weighted by molar-refractivity contribution is 8.00. The lowest BCUT2D eigenvalue weighted by molar-refractivity contribution is -0.117. The number of aromatic nitrogens is 2. The second-order valence-corrected chi connectivity index (χ2v) is 9.20. The second kappa shape index (κ2) is 9.01. The van der Waals surface area contributed by atoms with Crippen molar-refractivity contribution in [2.45, 2.75) is 31.2 Å². The standard InChI is InChI=1S/C26H25N3O2S/c1-17-14-18(2)16-21(15-17)29-25(31)22-12-8-9-13-23(22)27-26(29)32-19(3)24(30)28(4)20-10-6-5-7-11-20/h5-16,19H,1-4H3/t19-/m0/s1. The lowest BCUT2D eigenvalue weighted by Gasteiger charge is -2.22. The van der Waals surface area contributed by atoms with Gasteiger partial charge in [-0.05, 0) is 68.3 Å². The van der Waals surface area contributed by atoms with Gasteiger partial charge >= 0.3 is 0 Å². The van der Waals surface area contributed by atoms with E-state index in [1.54, 1.807) is 22.6 Å². The number of nitrogens with zero attached hydrogens (tertiary/aromatic N) is 3. The van der Waals surface area contributed by atoms with Gasteiger partial charge in [-0.1, -0.05) is 48.2 Å². The number of fused-ring (bicyclic) bond motifs is 1. The van der Waals surface area contributed by atoms with Crippen LogP contribution in [-0.4, -0.2) is 27.8 Å². The van der Waals surface area contributed by atoms with E-state index in [1.165, 1.54) is 11.8 Å². The molecule has 0 N–H and O–H groups in total. The van der Waals surface area contributed by atoms with E-state index in [-0.39, 0.29) is 11.5 Å². The number of hydrogen-bond acceptors (Lipinski definition) is 4. The summed E-state index contributed by atoms with van der Waals surface area (Å²) in [6, 6.07) is 22.8. The molecule has 0 bridgehead atoms. The molecule has 5 nitrogen and oxygen atoms in total. The van der Waals surface area contributed by atoms with Crippen molar-refractivity contribution in [2.75, 3.05) is 11.9 Å². The zero-order valence-electron chi connectivity index (χ0n) is 18.6. The Morgan fingerprint density at radius 2 is 1.59 bits per heavy atom. The fourth-order valence-corrected chi connectivity index (χ4v) is 4.78. The van der Waals surface area contributed by atoms with E-state index < -0.39 is 5.25 Å². The van der Waals surface area contributed by atoms with Crippen molar-refractivity contribution < 1.29 is 4.79 Å². The molecule has 0 spiro atoms. The van der Waals surface area contributed by atoms with Crippen molar-refractivity contribution in [1.29, 1.82) is 0 Å². The molecule has 3 aromatic carbocycles. The number of carbonyl (C=O) groups excluding carboxylic acids is 1. The number of amides is 1. The monoisotopic (exact) mass is 443 g/mol. The molecule has 1 amide bonds. The highest BCUT2D eigenvalue weighted by Gasteiger charge is 2.23. The van der Waals surface area contributed by atoms with E-state index in [0.717, 1.165) is 22.5 Å². The van der Waals surface area contributed by atoms with Crippen molar-refractivity contribution in [3.05, 3.63) is 94.3 Å². The number of anilines is 1. The maximum atomic E-state index is 13.5. The van der Waals surface area contributed by atoms with Crippen LogP contribution >= 0.6 is 11.8 Å². The Labute approximate surface area is 191 Å². The summed E-state index contributed by atoms with van der Waals surface area (Å²) < 4.78 is 1.62. The number of benzene rings is 3. The Balaban J connectivity index is 1.79. The van der Waals surface area contributed by atoms with E-state index in [1.807, 2.05) is 81.4 Å². The first-order valence-corrected chi connectivity index (χ1v) is 11.3. The first kappa shape index (κ1) is 21.8. The highest BCUT2D eigenvalue weighted by atomic mass is 32.2. The van der Waals surface area contributed by atoms with Crippen molar-refractivity contribution in [2.24, 2.45) is 0 Å². The zero-order valence-corrected chi connectivity index (χ0v) is 19.4. The molecule has 6 heteroatoms. The van der Waals surface area contributed by atoms with Gasteiger partial charge in [-0.3, -0.25) is 14.2 Å². The van der Waals surface area contributed by atoms with Crippen LogP contribution < -0.4 is 10.5 Å². The van der Waals surface area contributed by atoms with Crippen LogP contribution in [-0.2, 0) is 4.79 Å². The van der Waals surface area contributed by atoms with E-state index in [9.17, 15) is 9.59 Å². The average Bonchev–Trinajstić information content (AvgIpc) is 2.78. The van der Waals surface area contributed by atoms with Gasteiger partial charge < -0.3 is 4.90 Å². The Morgan fingerprint density at radius 1 is 0.969 bits per heavy atom. The van der Waals surface area contributed by atoms with Gasteiger partial charge in [0.1, 0.15) is 0 Å². The first-order chi connectivity index (χ1) is 15.3. The Morgan fingerprint density at radius 3 is 2.28 bits per heavy atom. The van der Waals surface area contributed by atoms with Crippen LogP contribution in [0.5, 0.6) is 0 Å². The number of aryl methyl sites for hydroxylation is 2. The molecule has 0 unspecified atom stereocenters. The lowest BCUT2D eigenvalue weighted by Crippen LogP contribution is -2.33. The summed E-state index contributed by atoms with van der Waals surface area (Å²) in [4.78, 5) is 33.1. The SMILES string of the molecule is Cc1cc(C)cc(-n2c(S[C@@H](C)C(=O)N(C)c3ccccc3)nc3ccccc3c2=O)c1. The summed E-state index contributed by atoms with van der Waals surface area (Å²) in [5.74, 6) is -0.0596. The molecule has 4 rings (SSSR count). The zero-order chi connectivity index (χ0) is 22.8. The molecule has 1 atom stereocenters. The number of rotatable bonds is 5. The maximum Gasteiger partial charge on any atom is 0.266 e. The number of thioether (sulfide) groups is 1. The number of para-hydroxylation sites is 2. The van der Waals surface area contributed by atoms with Crippen LogP contribution in [0.3, 0.4) is 0 Å². The van der Waals surface area contributed by atoms with Crippen molar-refractivity contribution >= 4 is 34.3 Å². The lowest BCUT2D eigenvalue weighted by atomic mass is 10.1. The first-order valence-electron chi connectivity index (χ1n) is 10.4. The Hall–Kier alpha value is -3.38. The van der Waals surface area contributed by atoms with E-state index in [4.69, 9.17) is 4.98 Å². The quantitative estimate of drug-likeness (QED) is 0.316. The molecule has 0 aliphatic rings. The van der Waals surface area contributed by atoms with Crippen LogP contribution in [0, 0.1) is 13.8 Å². The molecule has 32 heavy (non-hydrogen) atoms. The predicted molar refractivity (Wildman–Crippen MR) is 132 cm³/mol. The molecule has 0 saturated heterocycles. The molecule has 162 valence electrons. The molecule has 0 saturated carbocycles. The van der Waals surface area contributed by atoms with Gasteiger partial charge in [0, 0.05) is 12.7 Å². The second-order valence-electron chi connectivity index (χ2n) is 7.89. The van der Waals surface area contributed by atoms with Crippen molar-refractivity contribution in [1.82, 2.24) is 9.55 Å². The Bertz CT molecular complexity index is 1330. The third-order valence-corrected chi connectivity index (χ3v) is 6.35. The molecule has 0 aliphatic carbocycles. The topological polar surface area (TPSA) is 55.2 Å². The van der Waals surface area contributed by atoms with E-state index >= 15 is 0 Å². The minimum Gasteiger partial charge on any atom is -0.315 e. The molecule has 1 heterocycles. The smallest absolute Gasteiger partial charge is 0.266 e.